The van der Waals surface area contributed by atoms with Crippen molar-refractivity contribution in [2.24, 2.45) is 5.84 Å². The van der Waals surface area contributed by atoms with E-state index in [0.29, 0.717) is 5.76 Å². The van der Waals surface area contributed by atoms with Gasteiger partial charge in [-0.2, -0.15) is 18.2 Å². The molecule has 2 rings (SSSR count). The van der Waals surface area contributed by atoms with Crippen molar-refractivity contribution in [1.29, 1.82) is 0 Å². The molecular weight excluding hydrogens is 287 g/mol. The summed E-state index contributed by atoms with van der Waals surface area (Å²) >= 11 is 0. The van der Waals surface area contributed by atoms with Gasteiger partial charge in [-0.05, 0) is 19.1 Å². The highest BCUT2D eigenvalue weighted by atomic mass is 19.4. The van der Waals surface area contributed by atoms with Crippen LogP contribution in [0.4, 0.5) is 24.9 Å². The third-order valence-electron chi connectivity index (χ3n) is 2.71. The monoisotopic (exact) mass is 301 g/mol. The average Bonchev–Trinajstić information content (AvgIpc) is 2.82. The summed E-state index contributed by atoms with van der Waals surface area (Å²) in [6, 6.07) is 4.38. The predicted octanol–water partition coefficient (Wildman–Crippen LogP) is 2.32. The van der Waals surface area contributed by atoms with Crippen LogP contribution in [0, 0.1) is 6.92 Å². The van der Waals surface area contributed by atoms with Crippen LogP contribution in [-0.4, -0.2) is 17.0 Å². The van der Waals surface area contributed by atoms with Crippen LogP contribution < -0.4 is 16.2 Å². The van der Waals surface area contributed by atoms with Crippen molar-refractivity contribution >= 4 is 11.8 Å². The minimum Gasteiger partial charge on any atom is -0.464 e. The Morgan fingerprint density at radius 1 is 1.33 bits per heavy atom. The van der Waals surface area contributed by atoms with Crippen LogP contribution in [0.25, 0.3) is 0 Å². The zero-order valence-electron chi connectivity index (χ0n) is 11.4. The third kappa shape index (κ3) is 3.63. The van der Waals surface area contributed by atoms with E-state index >= 15 is 0 Å². The number of nitrogen functional groups attached to an aromatic ring is 1. The number of nitrogens with zero attached hydrogens (tertiary/aromatic N) is 3. The van der Waals surface area contributed by atoms with Gasteiger partial charge >= 0.3 is 6.18 Å². The van der Waals surface area contributed by atoms with Crippen molar-refractivity contribution < 1.29 is 17.6 Å². The highest BCUT2D eigenvalue weighted by molar-refractivity contribution is 5.44. The van der Waals surface area contributed by atoms with E-state index in [1.165, 1.54) is 4.90 Å². The van der Waals surface area contributed by atoms with Gasteiger partial charge in [0.25, 0.3) is 0 Å². The topological polar surface area (TPSA) is 80.2 Å². The summed E-state index contributed by atoms with van der Waals surface area (Å²) < 4.78 is 43.7. The molecule has 0 aliphatic carbocycles. The summed E-state index contributed by atoms with van der Waals surface area (Å²) in [5.41, 5.74) is 0.964. The van der Waals surface area contributed by atoms with Gasteiger partial charge in [-0.25, -0.2) is 10.8 Å². The average molecular weight is 301 g/mol. The summed E-state index contributed by atoms with van der Waals surface area (Å²) in [4.78, 5) is 8.71. The molecule has 114 valence electrons. The predicted molar refractivity (Wildman–Crippen MR) is 70.4 cm³/mol. The van der Waals surface area contributed by atoms with Gasteiger partial charge in [0.15, 0.2) is 5.69 Å². The second-order valence-corrected chi connectivity index (χ2v) is 4.45. The van der Waals surface area contributed by atoms with Crippen LogP contribution in [-0.2, 0) is 12.7 Å². The van der Waals surface area contributed by atoms with E-state index in [1.54, 1.807) is 26.1 Å². The minimum atomic E-state index is -4.58. The van der Waals surface area contributed by atoms with Crippen LogP contribution in [0.15, 0.2) is 22.6 Å². The lowest BCUT2D eigenvalue weighted by Gasteiger charge is -2.18. The van der Waals surface area contributed by atoms with Crippen LogP contribution in [0.2, 0.25) is 0 Å². The smallest absolute Gasteiger partial charge is 0.433 e. The second kappa shape index (κ2) is 5.60. The maximum absolute atomic E-state index is 12.8. The van der Waals surface area contributed by atoms with Gasteiger partial charge in [0.05, 0.1) is 6.54 Å². The summed E-state index contributed by atoms with van der Waals surface area (Å²) in [6.07, 6.45) is -4.58. The van der Waals surface area contributed by atoms with Crippen molar-refractivity contribution in [2.75, 3.05) is 17.4 Å². The number of aryl methyl sites for hydroxylation is 1. The fourth-order valence-corrected chi connectivity index (χ4v) is 1.72. The first-order valence-electron chi connectivity index (χ1n) is 5.99. The molecular formula is C12H14F3N5O. The summed E-state index contributed by atoms with van der Waals surface area (Å²) in [5, 5.41) is 0. The van der Waals surface area contributed by atoms with E-state index < -0.39 is 11.9 Å². The number of alkyl halides is 3. The van der Waals surface area contributed by atoms with Crippen molar-refractivity contribution in [3.63, 3.8) is 0 Å². The number of hydrogen-bond acceptors (Lipinski definition) is 6. The molecule has 0 saturated carbocycles. The van der Waals surface area contributed by atoms with E-state index in [0.717, 1.165) is 11.8 Å². The Morgan fingerprint density at radius 2 is 2.05 bits per heavy atom. The summed E-state index contributed by atoms with van der Waals surface area (Å²) in [7, 11) is 1.60. The Kier molecular flexibility index (Phi) is 4.03. The fourth-order valence-electron chi connectivity index (χ4n) is 1.72. The molecule has 0 saturated heterocycles. The molecule has 3 N–H and O–H groups in total. The third-order valence-corrected chi connectivity index (χ3v) is 2.71. The van der Waals surface area contributed by atoms with Gasteiger partial charge in [-0.15, -0.1) is 0 Å². The number of nitrogens with one attached hydrogen (secondary N) is 1. The highest BCUT2D eigenvalue weighted by Gasteiger charge is 2.34. The molecule has 9 heteroatoms. The largest absolute Gasteiger partial charge is 0.464 e. The van der Waals surface area contributed by atoms with E-state index in [-0.39, 0.29) is 18.3 Å². The molecule has 0 radical (unpaired) electrons. The number of aromatic nitrogens is 2. The SMILES string of the molecule is Cc1ccc(CN(C)c2cc(C(F)(F)F)nc(NN)n2)o1. The number of furan rings is 1. The van der Waals surface area contributed by atoms with Gasteiger partial charge < -0.3 is 9.32 Å². The lowest BCUT2D eigenvalue weighted by molar-refractivity contribution is -0.141. The molecule has 0 aromatic carbocycles. The maximum atomic E-state index is 12.8. The van der Waals surface area contributed by atoms with E-state index in [2.05, 4.69) is 9.97 Å². The van der Waals surface area contributed by atoms with Crippen LogP contribution in [0.5, 0.6) is 0 Å². The molecule has 2 aromatic rings. The number of nitrogens with two attached hydrogens (primary N) is 1. The number of hydrazine groups is 1. The van der Waals surface area contributed by atoms with Crippen LogP contribution >= 0.6 is 0 Å². The zero-order chi connectivity index (χ0) is 15.6. The molecule has 0 fully saturated rings. The first-order chi connectivity index (χ1) is 9.79. The summed E-state index contributed by atoms with van der Waals surface area (Å²) in [6.45, 7) is 2.05. The molecule has 0 aliphatic rings. The molecule has 21 heavy (non-hydrogen) atoms. The van der Waals surface area contributed by atoms with E-state index in [1.807, 2.05) is 5.43 Å². The van der Waals surface area contributed by atoms with Crippen LogP contribution in [0.1, 0.15) is 17.2 Å². The number of anilines is 2. The summed E-state index contributed by atoms with van der Waals surface area (Å²) in [5.74, 6) is 6.23. The van der Waals surface area contributed by atoms with E-state index in [9.17, 15) is 13.2 Å². The Morgan fingerprint density at radius 3 is 2.57 bits per heavy atom. The molecule has 0 unspecified atom stereocenters. The second-order valence-electron chi connectivity index (χ2n) is 4.45. The molecule has 0 aliphatic heterocycles. The standard InChI is InChI=1S/C12H14F3N5O/c1-7-3-4-8(21-7)6-20(2)10-5-9(12(13,14)15)17-11(18-10)19-16/h3-5H,6,16H2,1-2H3,(H,17,18,19). The first-order valence-corrected chi connectivity index (χ1v) is 5.99. The molecule has 2 heterocycles. The molecule has 0 spiro atoms. The van der Waals surface area contributed by atoms with Crippen molar-refractivity contribution in [1.82, 2.24) is 9.97 Å². The molecule has 0 amide bonds. The zero-order valence-corrected chi connectivity index (χ0v) is 11.4. The number of rotatable bonds is 4. The Labute approximate surface area is 118 Å². The number of halogens is 3. The maximum Gasteiger partial charge on any atom is 0.433 e. The quantitative estimate of drug-likeness (QED) is 0.666. The van der Waals surface area contributed by atoms with Gasteiger partial charge in [-0.1, -0.05) is 0 Å². The van der Waals surface area contributed by atoms with Crippen molar-refractivity contribution in [3.8, 4) is 0 Å². The van der Waals surface area contributed by atoms with Crippen molar-refractivity contribution in [2.45, 2.75) is 19.6 Å². The lowest BCUT2D eigenvalue weighted by atomic mass is 10.3. The molecule has 2 aromatic heterocycles. The van der Waals surface area contributed by atoms with Gasteiger partial charge in [0.2, 0.25) is 5.95 Å². The first kappa shape index (κ1) is 15.1. The van der Waals surface area contributed by atoms with Gasteiger partial charge in [0, 0.05) is 13.1 Å². The lowest BCUT2D eigenvalue weighted by Crippen LogP contribution is -2.22. The minimum absolute atomic E-state index is 0.0827. The van der Waals surface area contributed by atoms with Crippen molar-refractivity contribution in [3.05, 3.63) is 35.4 Å². The van der Waals surface area contributed by atoms with Crippen LogP contribution in [0.3, 0.4) is 0 Å². The highest BCUT2D eigenvalue weighted by Crippen LogP contribution is 2.30. The fraction of sp³-hybridized carbons (Fsp3) is 0.333. The van der Waals surface area contributed by atoms with Gasteiger partial charge in [0.1, 0.15) is 17.3 Å². The van der Waals surface area contributed by atoms with E-state index in [4.69, 9.17) is 10.3 Å². The normalized spacial score (nSPS) is 11.5. The Balaban J connectivity index is 2.29. The Hall–Kier alpha value is -2.29. The Bertz CT molecular complexity index is 626. The van der Waals surface area contributed by atoms with Gasteiger partial charge in [-0.3, -0.25) is 5.43 Å². The molecule has 6 nitrogen and oxygen atoms in total. The molecule has 0 bridgehead atoms. The number of hydrogen-bond donors (Lipinski definition) is 2. The molecule has 0 atom stereocenters.